The van der Waals surface area contributed by atoms with Gasteiger partial charge in [0.2, 0.25) is 0 Å². The summed E-state index contributed by atoms with van der Waals surface area (Å²) in [5.74, 6) is 0.943. The van der Waals surface area contributed by atoms with Crippen LogP contribution in [0, 0.1) is 0 Å². The van der Waals surface area contributed by atoms with Crippen LogP contribution >= 0.6 is 0 Å². The predicted molar refractivity (Wildman–Crippen MR) is 97.9 cm³/mol. The molecule has 0 fully saturated rings. The Morgan fingerprint density at radius 1 is 1.21 bits per heavy atom. The second-order valence-corrected chi connectivity index (χ2v) is 4.98. The number of allylic oxidation sites excluding steroid dienone is 4. The number of anilines is 1. The molecule has 0 aromatic heterocycles. The van der Waals surface area contributed by atoms with E-state index in [1.54, 1.807) is 36.4 Å². The number of hydrogen-bond donors (Lipinski definition) is 2. The van der Waals surface area contributed by atoms with E-state index in [1.807, 2.05) is 43.3 Å². The Bertz CT molecular complexity index is 777. The van der Waals surface area contributed by atoms with Crippen LogP contribution in [0.3, 0.4) is 0 Å². The molecular formula is C20H20N2O2. The second-order valence-electron chi connectivity index (χ2n) is 4.98. The standard InChI is InChI=1S/C20H20N2O2/c1-3-8-16(9-4-2)22-20(23)15-12-13-19(18(21)14-15)24-17-10-6-5-7-11-17/h3-14H,1,21H2,2H3,(H,22,23)/b9-4-,16-8+. The predicted octanol–water partition coefficient (Wildman–Crippen LogP) is 4.44. The normalized spacial score (nSPS) is 11.3. The van der Waals surface area contributed by atoms with Crippen LogP contribution < -0.4 is 15.8 Å². The van der Waals surface area contributed by atoms with Crippen molar-refractivity contribution in [3.8, 4) is 11.5 Å². The molecule has 0 radical (unpaired) electrons. The molecule has 0 aliphatic carbocycles. The third kappa shape index (κ3) is 4.61. The fourth-order valence-corrected chi connectivity index (χ4v) is 2.05. The minimum atomic E-state index is -0.251. The van der Waals surface area contributed by atoms with Crippen LogP contribution in [0.4, 0.5) is 5.69 Å². The van der Waals surface area contributed by atoms with Crippen molar-refractivity contribution >= 4 is 11.6 Å². The number of hydrogen-bond acceptors (Lipinski definition) is 3. The smallest absolute Gasteiger partial charge is 0.255 e. The summed E-state index contributed by atoms with van der Waals surface area (Å²) in [5, 5.41) is 2.80. The molecule has 0 aliphatic rings. The third-order valence-corrected chi connectivity index (χ3v) is 3.14. The number of rotatable bonds is 6. The van der Waals surface area contributed by atoms with Gasteiger partial charge in [-0.1, -0.05) is 36.9 Å². The topological polar surface area (TPSA) is 64.3 Å². The Balaban J connectivity index is 2.15. The first-order valence-corrected chi connectivity index (χ1v) is 7.53. The maximum Gasteiger partial charge on any atom is 0.255 e. The minimum absolute atomic E-state index is 0.251. The van der Waals surface area contributed by atoms with Crippen LogP contribution in [0.5, 0.6) is 11.5 Å². The van der Waals surface area contributed by atoms with Crippen LogP contribution in [0.2, 0.25) is 0 Å². The molecule has 0 heterocycles. The lowest BCUT2D eigenvalue weighted by molar-refractivity contribution is 0.0967. The Morgan fingerprint density at radius 2 is 1.96 bits per heavy atom. The quantitative estimate of drug-likeness (QED) is 0.611. The molecule has 0 saturated carbocycles. The Kier molecular flexibility index (Phi) is 5.97. The molecule has 2 aromatic rings. The van der Waals surface area contributed by atoms with Gasteiger partial charge in [-0.3, -0.25) is 4.79 Å². The summed E-state index contributed by atoms with van der Waals surface area (Å²) in [6.07, 6.45) is 6.95. The number of nitrogen functional groups attached to an aromatic ring is 1. The monoisotopic (exact) mass is 320 g/mol. The van der Waals surface area contributed by atoms with E-state index in [-0.39, 0.29) is 5.91 Å². The highest BCUT2D eigenvalue weighted by Gasteiger charge is 2.10. The number of carbonyl (C=O) groups is 1. The molecule has 4 nitrogen and oxygen atoms in total. The second kappa shape index (κ2) is 8.39. The van der Waals surface area contributed by atoms with Gasteiger partial charge in [0.05, 0.1) is 5.69 Å². The van der Waals surface area contributed by atoms with Crippen LogP contribution in [0.1, 0.15) is 17.3 Å². The Hall–Kier alpha value is -3.27. The molecule has 122 valence electrons. The van der Waals surface area contributed by atoms with Crippen molar-refractivity contribution in [2.45, 2.75) is 6.92 Å². The van der Waals surface area contributed by atoms with Gasteiger partial charge in [-0.05, 0) is 49.4 Å². The SMILES string of the molecule is C=C/C=C(\C=C/C)NC(=O)c1ccc(Oc2ccccc2)c(N)c1. The number of ether oxygens (including phenoxy) is 1. The van der Waals surface area contributed by atoms with Crippen molar-refractivity contribution < 1.29 is 9.53 Å². The van der Waals surface area contributed by atoms with Gasteiger partial charge in [0, 0.05) is 11.3 Å². The number of amides is 1. The molecule has 0 atom stereocenters. The van der Waals surface area contributed by atoms with Gasteiger partial charge in [0.25, 0.3) is 5.91 Å². The summed E-state index contributed by atoms with van der Waals surface area (Å²) in [6.45, 7) is 5.50. The maximum absolute atomic E-state index is 12.3. The number of nitrogens with one attached hydrogen (secondary N) is 1. The molecule has 0 aliphatic heterocycles. The molecular weight excluding hydrogens is 300 g/mol. The van der Waals surface area contributed by atoms with Crippen LogP contribution in [-0.4, -0.2) is 5.91 Å². The third-order valence-electron chi connectivity index (χ3n) is 3.14. The highest BCUT2D eigenvalue weighted by atomic mass is 16.5. The first kappa shape index (κ1) is 17.1. The summed E-state index contributed by atoms with van der Waals surface area (Å²) in [6, 6.07) is 14.3. The summed E-state index contributed by atoms with van der Waals surface area (Å²) >= 11 is 0. The fourth-order valence-electron chi connectivity index (χ4n) is 2.05. The average Bonchev–Trinajstić information content (AvgIpc) is 2.58. The van der Waals surface area contributed by atoms with E-state index in [0.29, 0.717) is 28.4 Å². The molecule has 0 spiro atoms. The molecule has 2 aromatic carbocycles. The van der Waals surface area contributed by atoms with Gasteiger partial charge in [0.15, 0.2) is 0 Å². The first-order chi connectivity index (χ1) is 11.6. The van der Waals surface area contributed by atoms with Gasteiger partial charge in [-0.2, -0.15) is 0 Å². The van der Waals surface area contributed by atoms with Crippen LogP contribution in [0.25, 0.3) is 0 Å². The van der Waals surface area contributed by atoms with Crippen molar-refractivity contribution in [1.82, 2.24) is 5.32 Å². The minimum Gasteiger partial charge on any atom is -0.455 e. The van der Waals surface area contributed by atoms with Gasteiger partial charge in [0.1, 0.15) is 11.5 Å². The summed E-state index contributed by atoms with van der Waals surface area (Å²) in [5.41, 5.74) is 7.51. The molecule has 1 amide bonds. The van der Waals surface area contributed by atoms with Crippen LogP contribution in [0.15, 0.2) is 85.1 Å². The van der Waals surface area contributed by atoms with Crippen molar-refractivity contribution in [3.05, 3.63) is 90.7 Å². The zero-order chi connectivity index (χ0) is 17.4. The molecule has 0 bridgehead atoms. The lowest BCUT2D eigenvalue weighted by Gasteiger charge is -2.11. The van der Waals surface area contributed by atoms with E-state index in [0.717, 1.165) is 0 Å². The maximum atomic E-state index is 12.3. The van der Waals surface area contributed by atoms with Gasteiger partial charge < -0.3 is 15.8 Å². The molecule has 0 saturated heterocycles. The number of benzene rings is 2. The van der Waals surface area contributed by atoms with E-state index in [9.17, 15) is 4.79 Å². The fraction of sp³-hybridized carbons (Fsp3) is 0.0500. The zero-order valence-electron chi connectivity index (χ0n) is 13.5. The van der Waals surface area contributed by atoms with Gasteiger partial charge in [-0.15, -0.1) is 0 Å². The highest BCUT2D eigenvalue weighted by Crippen LogP contribution is 2.28. The number of nitrogens with two attached hydrogens (primary N) is 1. The molecule has 24 heavy (non-hydrogen) atoms. The molecule has 2 rings (SSSR count). The van der Waals surface area contributed by atoms with Crippen molar-refractivity contribution in [2.24, 2.45) is 0 Å². The zero-order valence-corrected chi connectivity index (χ0v) is 13.5. The summed E-state index contributed by atoms with van der Waals surface area (Å²) in [4.78, 5) is 12.3. The highest BCUT2D eigenvalue weighted by molar-refractivity contribution is 5.96. The summed E-state index contributed by atoms with van der Waals surface area (Å²) in [7, 11) is 0. The van der Waals surface area contributed by atoms with Crippen molar-refractivity contribution in [1.29, 1.82) is 0 Å². The van der Waals surface area contributed by atoms with E-state index in [1.165, 1.54) is 0 Å². The van der Waals surface area contributed by atoms with Gasteiger partial charge >= 0.3 is 0 Å². The Morgan fingerprint density at radius 3 is 2.58 bits per heavy atom. The van der Waals surface area contributed by atoms with E-state index in [2.05, 4.69) is 11.9 Å². The molecule has 3 N–H and O–H groups in total. The van der Waals surface area contributed by atoms with E-state index in [4.69, 9.17) is 10.5 Å². The first-order valence-electron chi connectivity index (χ1n) is 7.53. The molecule has 0 unspecified atom stereocenters. The van der Waals surface area contributed by atoms with Gasteiger partial charge in [-0.25, -0.2) is 0 Å². The largest absolute Gasteiger partial charge is 0.455 e. The van der Waals surface area contributed by atoms with Crippen LogP contribution in [-0.2, 0) is 0 Å². The van der Waals surface area contributed by atoms with Crippen molar-refractivity contribution in [2.75, 3.05) is 5.73 Å². The summed E-state index contributed by atoms with van der Waals surface area (Å²) < 4.78 is 5.71. The van der Waals surface area contributed by atoms with Crippen molar-refractivity contribution in [3.63, 3.8) is 0 Å². The average molecular weight is 320 g/mol. The number of carbonyl (C=O) groups excluding carboxylic acids is 1. The number of para-hydroxylation sites is 1. The lowest BCUT2D eigenvalue weighted by Crippen LogP contribution is -2.21. The lowest BCUT2D eigenvalue weighted by atomic mass is 10.1. The van der Waals surface area contributed by atoms with E-state index >= 15 is 0 Å². The van der Waals surface area contributed by atoms with E-state index < -0.39 is 0 Å². The Labute approximate surface area is 142 Å². The molecule has 4 heteroatoms.